The Bertz CT molecular complexity index is 764. The zero-order valence-electron chi connectivity index (χ0n) is 11.8. The average molecular weight is 280 g/mol. The van der Waals surface area contributed by atoms with Gasteiger partial charge < -0.3 is 10.3 Å². The maximum atomic E-state index is 12.2. The molecular weight excluding hydrogens is 264 g/mol. The van der Waals surface area contributed by atoms with Crippen LogP contribution in [0.5, 0.6) is 0 Å². The number of rotatable bonds is 4. The number of hydrogen-bond acceptors (Lipinski definition) is 3. The number of nitrogens with one attached hydrogen (secondary N) is 2. The van der Waals surface area contributed by atoms with Gasteiger partial charge in [-0.05, 0) is 35.9 Å². The fraction of sp³-hybridized carbons (Fsp3) is 0.188. The van der Waals surface area contributed by atoms with E-state index < -0.39 is 0 Å². The van der Waals surface area contributed by atoms with Gasteiger partial charge in [0.05, 0.1) is 11.0 Å². The Morgan fingerprint density at radius 3 is 2.81 bits per heavy atom. The van der Waals surface area contributed by atoms with Crippen molar-refractivity contribution >= 4 is 16.9 Å². The second kappa shape index (κ2) is 5.75. The predicted molar refractivity (Wildman–Crippen MR) is 80.9 cm³/mol. The van der Waals surface area contributed by atoms with E-state index in [1.54, 1.807) is 18.5 Å². The molecular formula is C16H16N4O. The SMILES string of the molecule is CCc1nc2ccc(C(=O)NCc3ccncc3)cc2[nH]1. The number of benzene rings is 1. The summed E-state index contributed by atoms with van der Waals surface area (Å²) in [6, 6.07) is 9.26. The Kier molecular flexibility index (Phi) is 3.64. The van der Waals surface area contributed by atoms with Crippen LogP contribution in [0.15, 0.2) is 42.7 Å². The number of aryl methyl sites for hydroxylation is 1. The molecule has 5 nitrogen and oxygen atoms in total. The number of carbonyl (C=O) groups excluding carboxylic acids is 1. The molecule has 3 rings (SSSR count). The monoisotopic (exact) mass is 280 g/mol. The third-order valence-corrected chi connectivity index (χ3v) is 3.33. The van der Waals surface area contributed by atoms with Crippen LogP contribution in [0.2, 0.25) is 0 Å². The van der Waals surface area contributed by atoms with Crippen LogP contribution in [0.25, 0.3) is 11.0 Å². The molecule has 0 aliphatic carbocycles. The van der Waals surface area contributed by atoms with Gasteiger partial charge in [-0.2, -0.15) is 0 Å². The lowest BCUT2D eigenvalue weighted by molar-refractivity contribution is 0.0951. The van der Waals surface area contributed by atoms with Gasteiger partial charge >= 0.3 is 0 Å². The molecule has 0 radical (unpaired) electrons. The number of fused-ring (bicyclic) bond motifs is 1. The van der Waals surface area contributed by atoms with Crippen LogP contribution in [-0.2, 0) is 13.0 Å². The minimum absolute atomic E-state index is 0.0960. The molecule has 3 aromatic rings. The number of nitrogens with zero attached hydrogens (tertiary/aromatic N) is 2. The highest BCUT2D eigenvalue weighted by Gasteiger charge is 2.08. The number of carbonyl (C=O) groups is 1. The van der Waals surface area contributed by atoms with Gasteiger partial charge in [0.2, 0.25) is 0 Å². The average Bonchev–Trinajstić information content (AvgIpc) is 2.95. The summed E-state index contributed by atoms with van der Waals surface area (Å²) >= 11 is 0. The molecule has 0 aliphatic rings. The summed E-state index contributed by atoms with van der Waals surface area (Å²) in [5.74, 6) is 0.834. The molecule has 21 heavy (non-hydrogen) atoms. The van der Waals surface area contributed by atoms with Crippen molar-refractivity contribution < 1.29 is 4.79 Å². The summed E-state index contributed by atoms with van der Waals surface area (Å²) in [5, 5.41) is 2.90. The van der Waals surface area contributed by atoms with E-state index in [9.17, 15) is 4.79 Å². The number of amides is 1. The minimum atomic E-state index is -0.0960. The molecule has 1 amide bonds. The smallest absolute Gasteiger partial charge is 0.251 e. The highest BCUT2D eigenvalue weighted by Crippen LogP contribution is 2.14. The van der Waals surface area contributed by atoms with Gasteiger partial charge in [0.15, 0.2) is 0 Å². The number of pyridine rings is 1. The lowest BCUT2D eigenvalue weighted by Gasteiger charge is -2.05. The molecule has 2 aromatic heterocycles. The van der Waals surface area contributed by atoms with Crippen LogP contribution >= 0.6 is 0 Å². The van der Waals surface area contributed by atoms with Gasteiger partial charge in [-0.1, -0.05) is 6.92 Å². The molecule has 0 saturated carbocycles. The van der Waals surface area contributed by atoms with Crippen molar-refractivity contribution in [2.24, 2.45) is 0 Å². The first-order valence-corrected chi connectivity index (χ1v) is 6.92. The highest BCUT2D eigenvalue weighted by molar-refractivity contribution is 5.97. The Morgan fingerprint density at radius 1 is 1.24 bits per heavy atom. The van der Waals surface area contributed by atoms with Crippen molar-refractivity contribution in [3.8, 4) is 0 Å². The van der Waals surface area contributed by atoms with Gasteiger partial charge in [-0.25, -0.2) is 4.98 Å². The van der Waals surface area contributed by atoms with Crippen molar-refractivity contribution in [2.45, 2.75) is 19.9 Å². The molecule has 0 aliphatic heterocycles. The second-order valence-electron chi connectivity index (χ2n) is 4.81. The Labute approximate surface area is 122 Å². The van der Waals surface area contributed by atoms with E-state index in [1.807, 2.05) is 31.2 Å². The van der Waals surface area contributed by atoms with Crippen molar-refractivity contribution in [1.82, 2.24) is 20.3 Å². The number of aromatic amines is 1. The Balaban J connectivity index is 1.75. The molecule has 0 saturated heterocycles. The second-order valence-corrected chi connectivity index (χ2v) is 4.81. The molecule has 0 spiro atoms. The number of hydrogen-bond donors (Lipinski definition) is 2. The van der Waals surface area contributed by atoms with Crippen molar-refractivity contribution in [3.05, 3.63) is 59.7 Å². The fourth-order valence-corrected chi connectivity index (χ4v) is 2.16. The topological polar surface area (TPSA) is 70.7 Å². The molecule has 2 N–H and O–H groups in total. The molecule has 0 atom stereocenters. The lowest BCUT2D eigenvalue weighted by Crippen LogP contribution is -2.22. The molecule has 106 valence electrons. The normalized spacial score (nSPS) is 10.7. The standard InChI is InChI=1S/C16H16N4O/c1-2-15-19-13-4-3-12(9-14(13)20-15)16(21)18-10-11-5-7-17-8-6-11/h3-9H,2,10H2,1H3,(H,18,21)(H,19,20). The zero-order chi connectivity index (χ0) is 14.7. The van der Waals surface area contributed by atoms with Gasteiger partial charge in [-0.15, -0.1) is 0 Å². The summed E-state index contributed by atoms with van der Waals surface area (Å²) in [6.45, 7) is 2.53. The largest absolute Gasteiger partial charge is 0.348 e. The van der Waals surface area contributed by atoms with E-state index in [4.69, 9.17) is 0 Å². The van der Waals surface area contributed by atoms with Gasteiger partial charge in [0.1, 0.15) is 5.82 Å². The van der Waals surface area contributed by atoms with Crippen molar-refractivity contribution in [2.75, 3.05) is 0 Å². The first kappa shape index (κ1) is 13.3. The molecule has 0 bridgehead atoms. The summed E-state index contributed by atoms with van der Waals surface area (Å²) in [4.78, 5) is 23.8. The van der Waals surface area contributed by atoms with Crippen LogP contribution < -0.4 is 5.32 Å². The van der Waals surface area contributed by atoms with Crippen LogP contribution in [0.1, 0.15) is 28.7 Å². The highest BCUT2D eigenvalue weighted by atomic mass is 16.1. The van der Waals surface area contributed by atoms with Crippen LogP contribution in [-0.4, -0.2) is 20.9 Å². The van der Waals surface area contributed by atoms with Crippen LogP contribution in [0, 0.1) is 0 Å². The third kappa shape index (κ3) is 2.91. The van der Waals surface area contributed by atoms with E-state index >= 15 is 0 Å². The van der Waals surface area contributed by atoms with Crippen molar-refractivity contribution in [3.63, 3.8) is 0 Å². The minimum Gasteiger partial charge on any atom is -0.348 e. The van der Waals surface area contributed by atoms with Crippen LogP contribution in [0.3, 0.4) is 0 Å². The first-order chi connectivity index (χ1) is 10.3. The van der Waals surface area contributed by atoms with Gasteiger partial charge in [0, 0.05) is 30.9 Å². The quantitative estimate of drug-likeness (QED) is 0.771. The van der Waals surface area contributed by atoms with E-state index in [-0.39, 0.29) is 5.91 Å². The lowest BCUT2D eigenvalue weighted by atomic mass is 10.2. The Hall–Kier alpha value is -2.69. The van der Waals surface area contributed by atoms with Gasteiger partial charge in [0.25, 0.3) is 5.91 Å². The summed E-state index contributed by atoms with van der Waals surface area (Å²) < 4.78 is 0. The van der Waals surface area contributed by atoms with Crippen LogP contribution in [0.4, 0.5) is 0 Å². The molecule has 1 aromatic carbocycles. The molecule has 0 fully saturated rings. The van der Waals surface area contributed by atoms with E-state index in [0.29, 0.717) is 12.1 Å². The predicted octanol–water partition coefficient (Wildman–Crippen LogP) is 2.45. The summed E-state index contributed by atoms with van der Waals surface area (Å²) in [5.41, 5.74) is 3.43. The third-order valence-electron chi connectivity index (χ3n) is 3.33. The number of aromatic nitrogens is 3. The Morgan fingerprint density at radius 2 is 2.05 bits per heavy atom. The maximum Gasteiger partial charge on any atom is 0.251 e. The molecule has 0 unspecified atom stereocenters. The van der Waals surface area contributed by atoms with E-state index in [2.05, 4.69) is 20.3 Å². The molecule has 2 heterocycles. The van der Waals surface area contributed by atoms with E-state index in [0.717, 1.165) is 28.8 Å². The molecule has 5 heteroatoms. The number of H-pyrrole nitrogens is 1. The van der Waals surface area contributed by atoms with E-state index in [1.165, 1.54) is 0 Å². The summed E-state index contributed by atoms with van der Waals surface area (Å²) in [7, 11) is 0. The summed E-state index contributed by atoms with van der Waals surface area (Å²) in [6.07, 6.45) is 4.27. The van der Waals surface area contributed by atoms with Crippen molar-refractivity contribution in [1.29, 1.82) is 0 Å². The maximum absolute atomic E-state index is 12.2. The zero-order valence-corrected chi connectivity index (χ0v) is 11.8. The number of imidazole rings is 1. The first-order valence-electron chi connectivity index (χ1n) is 6.92. The van der Waals surface area contributed by atoms with Gasteiger partial charge in [-0.3, -0.25) is 9.78 Å². The fourth-order valence-electron chi connectivity index (χ4n) is 2.16.